The number of imidazole rings is 1. The van der Waals surface area contributed by atoms with Crippen molar-refractivity contribution >= 4 is 23.4 Å². The molecule has 1 unspecified atom stereocenters. The highest BCUT2D eigenvalue weighted by Crippen LogP contribution is 2.59. The average Bonchev–Trinajstić information content (AvgIpc) is 3.24. The van der Waals surface area contributed by atoms with Crippen LogP contribution in [0.2, 0.25) is 0 Å². The quantitative estimate of drug-likeness (QED) is 0.585. The Kier molecular flexibility index (Phi) is 6.32. The van der Waals surface area contributed by atoms with Crippen LogP contribution in [0.5, 0.6) is 0 Å². The Hall–Kier alpha value is -2.90. The molecular formula is C27H36N4O4. The lowest BCUT2D eigenvalue weighted by molar-refractivity contribution is -0.147. The number of nitrogens with zero attached hydrogens (tertiary/aromatic N) is 3. The Morgan fingerprint density at radius 1 is 1.14 bits per heavy atom. The Bertz CT molecular complexity index is 1100. The van der Waals surface area contributed by atoms with Crippen LogP contribution in [0.4, 0.5) is 0 Å². The third-order valence-corrected chi connectivity index (χ3v) is 8.34. The monoisotopic (exact) mass is 480 g/mol. The molecule has 0 aliphatic heterocycles. The third-order valence-electron chi connectivity index (χ3n) is 8.34. The van der Waals surface area contributed by atoms with E-state index in [1.165, 1.54) is 43.4 Å². The van der Waals surface area contributed by atoms with Crippen LogP contribution in [0.15, 0.2) is 24.4 Å². The summed E-state index contributed by atoms with van der Waals surface area (Å²) in [5.41, 5.74) is 1.72. The maximum absolute atomic E-state index is 13.3. The summed E-state index contributed by atoms with van der Waals surface area (Å²) in [7, 11) is 3.31. The lowest BCUT2D eigenvalue weighted by Crippen LogP contribution is -2.51. The number of esters is 1. The van der Waals surface area contributed by atoms with Gasteiger partial charge in [-0.15, -0.1) is 0 Å². The van der Waals surface area contributed by atoms with E-state index in [9.17, 15) is 14.4 Å². The molecule has 2 heterocycles. The van der Waals surface area contributed by atoms with Crippen molar-refractivity contribution in [2.45, 2.75) is 57.8 Å². The van der Waals surface area contributed by atoms with Crippen LogP contribution in [-0.4, -0.2) is 59.3 Å². The van der Waals surface area contributed by atoms with E-state index in [1.807, 2.05) is 0 Å². The van der Waals surface area contributed by atoms with Crippen LogP contribution in [0.1, 0.15) is 74.0 Å². The number of rotatable bonds is 8. The van der Waals surface area contributed by atoms with Gasteiger partial charge >= 0.3 is 5.97 Å². The highest BCUT2D eigenvalue weighted by Gasteiger charge is 2.50. The van der Waals surface area contributed by atoms with Crippen molar-refractivity contribution in [3.63, 3.8) is 0 Å². The van der Waals surface area contributed by atoms with E-state index >= 15 is 0 Å². The standard InChI is InChI=1S/C27H36N4O4/c1-4-35-26(34)20(11-24(32)30(2)3)21-15-31-22(6-5-7-23(31)29-21)25(33)28-16-27-12-17-8-18(13-27)10-19(9-17)14-27/h5-7,15,17-20H,4,8-14,16H2,1-3H3,(H,28,33). The number of hydrogen-bond acceptors (Lipinski definition) is 5. The number of aromatic nitrogens is 2. The minimum Gasteiger partial charge on any atom is -0.465 e. The molecule has 188 valence electrons. The number of hydrogen-bond donors (Lipinski definition) is 1. The first-order valence-electron chi connectivity index (χ1n) is 12.9. The highest BCUT2D eigenvalue weighted by molar-refractivity contribution is 5.93. The average molecular weight is 481 g/mol. The van der Waals surface area contributed by atoms with Gasteiger partial charge in [0.15, 0.2) is 0 Å². The molecule has 4 fully saturated rings. The van der Waals surface area contributed by atoms with Gasteiger partial charge in [0.25, 0.3) is 5.91 Å². The van der Waals surface area contributed by atoms with Crippen LogP contribution in [0, 0.1) is 23.2 Å². The molecule has 1 atom stereocenters. The molecule has 2 amide bonds. The summed E-state index contributed by atoms with van der Waals surface area (Å²) in [6.45, 7) is 2.67. The summed E-state index contributed by atoms with van der Waals surface area (Å²) in [5.74, 6) is 0.875. The maximum Gasteiger partial charge on any atom is 0.315 e. The molecule has 6 rings (SSSR count). The largest absolute Gasteiger partial charge is 0.465 e. The second-order valence-corrected chi connectivity index (χ2v) is 11.2. The first-order valence-corrected chi connectivity index (χ1v) is 12.9. The van der Waals surface area contributed by atoms with Crippen molar-refractivity contribution in [2.24, 2.45) is 23.2 Å². The van der Waals surface area contributed by atoms with Crippen molar-refractivity contribution in [3.05, 3.63) is 35.8 Å². The number of amides is 2. The second kappa shape index (κ2) is 9.28. The molecule has 4 saturated carbocycles. The molecule has 4 aliphatic rings. The molecule has 0 radical (unpaired) electrons. The molecular weight excluding hydrogens is 444 g/mol. The van der Waals surface area contributed by atoms with E-state index in [1.54, 1.807) is 49.8 Å². The first kappa shape index (κ1) is 23.8. The third kappa shape index (κ3) is 4.67. The molecule has 8 heteroatoms. The SMILES string of the molecule is CCOC(=O)C(CC(=O)N(C)C)c1cn2c(C(=O)NCC34CC5CC(CC(C5)C3)C4)cccc2n1. The van der Waals surface area contributed by atoms with E-state index in [0.29, 0.717) is 17.0 Å². The minimum absolute atomic E-state index is 0.0384. The van der Waals surface area contributed by atoms with Gasteiger partial charge in [-0.2, -0.15) is 0 Å². The minimum atomic E-state index is -0.826. The van der Waals surface area contributed by atoms with Gasteiger partial charge in [0, 0.05) is 33.3 Å². The van der Waals surface area contributed by atoms with Crippen LogP contribution in [-0.2, 0) is 14.3 Å². The zero-order valence-electron chi connectivity index (χ0n) is 21.0. The number of nitrogens with one attached hydrogen (secondary N) is 1. The second-order valence-electron chi connectivity index (χ2n) is 11.2. The maximum atomic E-state index is 13.3. The Morgan fingerprint density at radius 2 is 1.80 bits per heavy atom. The smallest absolute Gasteiger partial charge is 0.315 e. The molecule has 0 aromatic carbocycles. The number of carbonyl (C=O) groups is 3. The normalized spacial score (nSPS) is 27.6. The number of fused-ring (bicyclic) bond motifs is 1. The van der Waals surface area contributed by atoms with Crippen LogP contribution in [0.3, 0.4) is 0 Å². The summed E-state index contributed by atoms with van der Waals surface area (Å²) < 4.78 is 6.95. The van der Waals surface area contributed by atoms with Gasteiger partial charge in [-0.3, -0.25) is 18.8 Å². The zero-order valence-corrected chi connectivity index (χ0v) is 21.0. The zero-order chi connectivity index (χ0) is 24.7. The van der Waals surface area contributed by atoms with E-state index in [0.717, 1.165) is 24.3 Å². The summed E-state index contributed by atoms with van der Waals surface area (Å²) in [6, 6.07) is 5.38. The van der Waals surface area contributed by atoms with Crippen LogP contribution in [0.25, 0.3) is 5.65 Å². The molecule has 2 aromatic heterocycles. The summed E-state index contributed by atoms with van der Waals surface area (Å²) in [4.78, 5) is 44.4. The summed E-state index contributed by atoms with van der Waals surface area (Å²) >= 11 is 0. The Balaban J connectivity index is 1.36. The molecule has 0 spiro atoms. The molecule has 2 aromatic rings. The molecule has 4 aliphatic carbocycles. The van der Waals surface area contributed by atoms with Gasteiger partial charge in [0.2, 0.25) is 5.91 Å². The summed E-state index contributed by atoms with van der Waals surface area (Å²) in [5, 5.41) is 3.24. The number of carbonyl (C=O) groups excluding carboxylic acids is 3. The highest BCUT2D eigenvalue weighted by atomic mass is 16.5. The van der Waals surface area contributed by atoms with Gasteiger partial charge in [0.1, 0.15) is 17.3 Å². The van der Waals surface area contributed by atoms with E-state index < -0.39 is 11.9 Å². The number of pyridine rings is 1. The predicted octanol–water partition coefficient (Wildman–Crippen LogP) is 3.41. The van der Waals surface area contributed by atoms with Crippen molar-refractivity contribution in [1.82, 2.24) is 19.6 Å². The van der Waals surface area contributed by atoms with Gasteiger partial charge in [-0.1, -0.05) is 6.07 Å². The topological polar surface area (TPSA) is 93.0 Å². The Morgan fingerprint density at radius 3 is 2.40 bits per heavy atom. The molecule has 8 nitrogen and oxygen atoms in total. The summed E-state index contributed by atoms with van der Waals surface area (Å²) in [6.07, 6.45) is 9.50. The van der Waals surface area contributed by atoms with E-state index in [4.69, 9.17) is 4.74 Å². The van der Waals surface area contributed by atoms with Gasteiger partial charge < -0.3 is 15.0 Å². The fourth-order valence-electron chi connectivity index (χ4n) is 7.16. The van der Waals surface area contributed by atoms with Crippen molar-refractivity contribution in [2.75, 3.05) is 27.2 Å². The molecule has 1 N–H and O–H groups in total. The molecule has 4 bridgehead atoms. The van der Waals surface area contributed by atoms with Gasteiger partial charge in [0.05, 0.1) is 12.3 Å². The van der Waals surface area contributed by atoms with E-state index in [2.05, 4.69) is 10.3 Å². The lowest BCUT2D eigenvalue weighted by Gasteiger charge is -2.56. The van der Waals surface area contributed by atoms with Crippen molar-refractivity contribution in [1.29, 1.82) is 0 Å². The fraction of sp³-hybridized carbons (Fsp3) is 0.630. The van der Waals surface area contributed by atoms with Crippen LogP contribution < -0.4 is 5.32 Å². The van der Waals surface area contributed by atoms with Gasteiger partial charge in [-0.25, -0.2) is 4.98 Å². The number of ether oxygens (including phenoxy) is 1. The van der Waals surface area contributed by atoms with Crippen LogP contribution >= 0.6 is 0 Å². The first-order chi connectivity index (χ1) is 16.8. The molecule has 35 heavy (non-hydrogen) atoms. The van der Waals surface area contributed by atoms with Gasteiger partial charge in [-0.05, 0) is 80.8 Å². The fourth-order valence-corrected chi connectivity index (χ4v) is 7.16. The lowest BCUT2D eigenvalue weighted by atomic mass is 9.49. The predicted molar refractivity (Wildman–Crippen MR) is 131 cm³/mol. The molecule has 0 saturated heterocycles. The van der Waals surface area contributed by atoms with E-state index in [-0.39, 0.29) is 30.3 Å². The van der Waals surface area contributed by atoms with Crippen molar-refractivity contribution in [3.8, 4) is 0 Å². The van der Waals surface area contributed by atoms with Crippen molar-refractivity contribution < 1.29 is 19.1 Å². The Labute approximate surface area is 206 Å².